The molecule has 0 bridgehead atoms. The van der Waals surface area contributed by atoms with Gasteiger partial charge in [0.2, 0.25) is 21.9 Å². The van der Waals surface area contributed by atoms with Crippen molar-refractivity contribution in [2.45, 2.75) is 116 Å². The van der Waals surface area contributed by atoms with Gasteiger partial charge in [0.05, 0.1) is 36.3 Å². The van der Waals surface area contributed by atoms with Crippen LogP contribution in [0.4, 0.5) is 10.3 Å². The number of aliphatic hydroxyl groups excluding tert-OH is 2. The Bertz CT molecular complexity index is 1900. The lowest BCUT2D eigenvalue weighted by atomic mass is 9.97. The Labute approximate surface area is 352 Å². The number of sulfonamides is 1. The van der Waals surface area contributed by atoms with Gasteiger partial charge in [0.25, 0.3) is 0 Å². The van der Waals surface area contributed by atoms with Crippen molar-refractivity contribution >= 4 is 33.7 Å². The zero-order chi connectivity index (χ0) is 43.5. The number of amides is 1. The van der Waals surface area contributed by atoms with E-state index in [1.54, 1.807) is 6.08 Å². The fraction of sp³-hybridized carbons (Fsp3) is 0.447. The molecule has 0 saturated carbocycles. The van der Waals surface area contributed by atoms with Gasteiger partial charge in [0.1, 0.15) is 11.6 Å². The van der Waals surface area contributed by atoms with Gasteiger partial charge in [-0.1, -0.05) is 106 Å². The van der Waals surface area contributed by atoms with E-state index in [1.165, 1.54) is 37.4 Å². The third-order valence-corrected chi connectivity index (χ3v) is 10.1. The third kappa shape index (κ3) is 21.7. The van der Waals surface area contributed by atoms with E-state index in [0.29, 0.717) is 54.7 Å². The molecule has 0 saturated heterocycles. The van der Waals surface area contributed by atoms with Crippen molar-refractivity contribution in [3.8, 4) is 11.3 Å². The van der Waals surface area contributed by atoms with E-state index >= 15 is 0 Å². The monoisotopic (exact) mass is 832 g/mol. The maximum atomic E-state index is 13.8. The summed E-state index contributed by atoms with van der Waals surface area (Å²) in [4.78, 5) is 33.8. The Morgan fingerprint density at radius 1 is 0.831 bits per heavy atom. The van der Waals surface area contributed by atoms with E-state index in [1.807, 2.05) is 19.9 Å². The maximum Gasteiger partial charge on any atom is 0.239 e. The first-order valence-corrected chi connectivity index (χ1v) is 22.4. The van der Waals surface area contributed by atoms with Crippen LogP contribution in [0.5, 0.6) is 0 Å². The molecular formula is C47H65FN4O6S. The molecular weight excluding hydrogens is 768 g/mol. The second-order valence-corrected chi connectivity index (χ2v) is 16.5. The van der Waals surface area contributed by atoms with Crippen LogP contribution in [-0.2, 0) is 19.6 Å². The van der Waals surface area contributed by atoms with E-state index in [4.69, 9.17) is 0 Å². The van der Waals surface area contributed by atoms with Gasteiger partial charge in [-0.3, -0.25) is 9.59 Å². The molecule has 0 spiro atoms. The topological polar surface area (TPSA) is 150 Å². The van der Waals surface area contributed by atoms with Gasteiger partial charge >= 0.3 is 0 Å². The first-order chi connectivity index (χ1) is 28.2. The van der Waals surface area contributed by atoms with Crippen molar-refractivity contribution in [3.05, 3.63) is 120 Å². The SMILES string of the molecule is CC/C=C\C/C=C\C/C=C\C/C=C\C/C=C\C/C=C\CCC(=O)CCCNC(=O)C[C@H](O)C[C@H](O)/C=C/c1c(-c2ccc(F)cc2)nc(N(C)S(C)(=O)=O)nc1C(C)C. The highest BCUT2D eigenvalue weighted by molar-refractivity contribution is 7.92. The molecule has 0 aliphatic rings. The average Bonchev–Trinajstić information content (AvgIpc) is 3.18. The lowest BCUT2D eigenvalue weighted by Gasteiger charge is -2.20. The van der Waals surface area contributed by atoms with Gasteiger partial charge in [0, 0.05) is 44.0 Å². The van der Waals surface area contributed by atoms with Crippen LogP contribution in [0.25, 0.3) is 17.3 Å². The highest BCUT2D eigenvalue weighted by Crippen LogP contribution is 2.32. The predicted octanol–water partition coefficient (Wildman–Crippen LogP) is 9.26. The van der Waals surface area contributed by atoms with Crippen molar-refractivity contribution in [1.29, 1.82) is 0 Å². The number of hydrogen-bond donors (Lipinski definition) is 3. The molecule has 1 amide bonds. The summed E-state index contributed by atoms with van der Waals surface area (Å²) in [5.74, 6) is -0.960. The highest BCUT2D eigenvalue weighted by Gasteiger charge is 2.23. The zero-order valence-electron chi connectivity index (χ0n) is 35.5. The number of nitrogens with one attached hydrogen (secondary N) is 1. The minimum absolute atomic E-state index is 0.0556. The number of Topliss-reactive ketones (excluding diaryl/α,β-unsaturated/α-hetero) is 1. The quantitative estimate of drug-likeness (QED) is 0.0568. The van der Waals surface area contributed by atoms with Crippen LogP contribution in [-0.4, -0.2) is 72.3 Å². The zero-order valence-corrected chi connectivity index (χ0v) is 36.3. The Morgan fingerprint density at radius 3 is 1.90 bits per heavy atom. The molecule has 0 unspecified atom stereocenters. The molecule has 1 aromatic heterocycles. The summed E-state index contributed by atoms with van der Waals surface area (Å²) in [7, 11) is -2.34. The number of rotatable bonds is 28. The molecule has 10 nitrogen and oxygen atoms in total. The van der Waals surface area contributed by atoms with E-state index in [2.05, 4.69) is 89.0 Å². The molecule has 0 radical (unpaired) electrons. The van der Waals surface area contributed by atoms with Gasteiger partial charge in [0.15, 0.2) is 0 Å². The van der Waals surface area contributed by atoms with E-state index in [9.17, 15) is 32.6 Å². The van der Waals surface area contributed by atoms with Crippen molar-refractivity contribution in [2.24, 2.45) is 0 Å². The van der Waals surface area contributed by atoms with Crippen LogP contribution in [0.3, 0.4) is 0 Å². The number of aromatic nitrogens is 2. The number of ketones is 1. The molecule has 2 aromatic rings. The summed E-state index contributed by atoms with van der Waals surface area (Å²) in [6.07, 6.45) is 34.8. The molecule has 0 aliphatic heterocycles. The summed E-state index contributed by atoms with van der Waals surface area (Å²) in [6.45, 7) is 6.19. The minimum atomic E-state index is -3.68. The number of carbonyl (C=O) groups is 2. The smallest absolute Gasteiger partial charge is 0.239 e. The van der Waals surface area contributed by atoms with E-state index < -0.39 is 34.0 Å². The summed E-state index contributed by atoms with van der Waals surface area (Å²) in [6, 6.07) is 5.57. The van der Waals surface area contributed by atoms with Gasteiger partial charge in [-0.2, -0.15) is 0 Å². The van der Waals surface area contributed by atoms with Crippen LogP contribution in [0.15, 0.2) is 103 Å². The standard InChI is InChI=1S/C47H65FN4O6S/c1-6-7-8-9-10-11-12-13-14-15-16-17-18-19-20-21-22-23-24-26-40(53)27-25-34-49-44(56)36-42(55)35-41(54)32-33-43-45(37(2)3)50-47(52(4)59(5,57)58)51-46(43)38-28-30-39(48)31-29-38/h7-8,10-11,13-14,16-17,19-20,22-23,28-33,37,41-42,54-55H,6,9,12,15,18,21,24-27,34-36H2,1-5H3,(H,49,56)/b8-7-,11-10-,14-13-,17-16-,20-19-,23-22-,33-32+/t41-,42-/m1/s1. The molecule has 1 aromatic carbocycles. The summed E-state index contributed by atoms with van der Waals surface area (Å²) >= 11 is 0. The largest absolute Gasteiger partial charge is 0.392 e. The molecule has 0 aliphatic carbocycles. The number of allylic oxidation sites excluding steroid dienone is 12. The number of hydrogen-bond acceptors (Lipinski definition) is 8. The number of carbonyl (C=O) groups excluding carboxylic acids is 2. The Hall–Kier alpha value is -4.78. The molecule has 3 N–H and O–H groups in total. The van der Waals surface area contributed by atoms with E-state index in [-0.39, 0.29) is 30.5 Å². The second kappa shape index (κ2) is 28.6. The number of anilines is 1. The summed E-state index contributed by atoms with van der Waals surface area (Å²) < 4.78 is 39.3. The van der Waals surface area contributed by atoms with Crippen LogP contribution < -0.4 is 9.62 Å². The number of halogens is 1. The van der Waals surface area contributed by atoms with Crippen LogP contribution in [0.2, 0.25) is 0 Å². The Balaban J connectivity index is 1.72. The molecule has 59 heavy (non-hydrogen) atoms. The molecule has 1 heterocycles. The van der Waals surface area contributed by atoms with Crippen molar-refractivity contribution < 1.29 is 32.6 Å². The minimum Gasteiger partial charge on any atom is -0.392 e. The fourth-order valence-electron chi connectivity index (χ4n) is 5.65. The lowest BCUT2D eigenvalue weighted by molar-refractivity contribution is -0.124. The molecule has 2 atom stereocenters. The normalized spacial score (nSPS) is 13.8. The maximum absolute atomic E-state index is 13.8. The molecule has 2 rings (SSSR count). The first kappa shape index (κ1) is 50.4. The van der Waals surface area contributed by atoms with Crippen LogP contribution in [0, 0.1) is 5.82 Å². The van der Waals surface area contributed by atoms with Crippen LogP contribution >= 0.6 is 0 Å². The van der Waals surface area contributed by atoms with Crippen molar-refractivity contribution in [2.75, 3.05) is 24.2 Å². The summed E-state index contributed by atoms with van der Waals surface area (Å²) in [5.41, 5.74) is 1.84. The van der Waals surface area contributed by atoms with Crippen LogP contribution in [0.1, 0.15) is 115 Å². The second-order valence-electron chi connectivity index (χ2n) is 14.5. The first-order valence-electron chi connectivity index (χ1n) is 20.6. The van der Waals surface area contributed by atoms with Gasteiger partial charge in [-0.05, 0) is 81.5 Å². The molecule has 12 heteroatoms. The molecule has 0 fully saturated rings. The van der Waals surface area contributed by atoms with Gasteiger partial charge < -0.3 is 15.5 Å². The Kier molecular flexibility index (Phi) is 24.4. The molecule has 322 valence electrons. The highest BCUT2D eigenvalue weighted by atomic mass is 32.2. The number of nitrogens with zero attached hydrogens (tertiary/aromatic N) is 3. The lowest BCUT2D eigenvalue weighted by Crippen LogP contribution is -2.29. The van der Waals surface area contributed by atoms with Crippen molar-refractivity contribution in [1.82, 2.24) is 15.3 Å². The average molecular weight is 833 g/mol. The number of aliphatic hydroxyl groups is 2. The fourth-order valence-corrected chi connectivity index (χ4v) is 6.03. The third-order valence-electron chi connectivity index (χ3n) is 8.97. The number of benzene rings is 1. The summed E-state index contributed by atoms with van der Waals surface area (Å²) in [5, 5.41) is 24.0. The van der Waals surface area contributed by atoms with Gasteiger partial charge in [-0.25, -0.2) is 27.1 Å². The van der Waals surface area contributed by atoms with Gasteiger partial charge in [-0.15, -0.1) is 0 Å². The predicted molar refractivity (Wildman–Crippen MR) is 240 cm³/mol. The van der Waals surface area contributed by atoms with Crippen molar-refractivity contribution in [3.63, 3.8) is 0 Å². The Morgan fingerprint density at radius 2 is 1.37 bits per heavy atom. The van der Waals surface area contributed by atoms with E-state index in [0.717, 1.165) is 49.1 Å².